The first-order valence-electron chi connectivity index (χ1n) is 5.86. The average Bonchev–Trinajstić information content (AvgIpc) is 2.71. The van der Waals surface area contributed by atoms with Gasteiger partial charge in [-0.3, -0.25) is 4.40 Å². The summed E-state index contributed by atoms with van der Waals surface area (Å²) in [5.41, 5.74) is 1.55. The fourth-order valence-electron chi connectivity index (χ4n) is 1.61. The largest absolute Gasteiger partial charge is 0.463 e. The summed E-state index contributed by atoms with van der Waals surface area (Å²) < 4.78 is 6.64. The van der Waals surface area contributed by atoms with Crippen molar-refractivity contribution in [2.45, 2.75) is 6.92 Å². The molecule has 0 N–H and O–H groups in total. The first-order chi connectivity index (χ1) is 9.22. The Kier molecular flexibility index (Phi) is 4.36. The summed E-state index contributed by atoms with van der Waals surface area (Å²) >= 11 is 6.06. The third-order valence-electron chi connectivity index (χ3n) is 2.41. The third-order valence-corrected chi connectivity index (χ3v) is 2.68. The van der Waals surface area contributed by atoms with Gasteiger partial charge < -0.3 is 4.74 Å². The van der Waals surface area contributed by atoms with E-state index in [-0.39, 0.29) is 5.97 Å². The van der Waals surface area contributed by atoms with Crippen LogP contribution in [0.1, 0.15) is 12.6 Å². The lowest BCUT2D eigenvalue weighted by Gasteiger charge is -1.95. The standard InChI is InChI=1S/C14H13ClN2O2/c1-2-19-13(18)9-4-3-7-11-14(15)16-12-8-5-6-10-17(11)12/h3-10H,2H2,1H3. The highest BCUT2D eigenvalue weighted by Crippen LogP contribution is 2.18. The molecule has 0 radical (unpaired) electrons. The van der Waals surface area contributed by atoms with Crippen molar-refractivity contribution in [1.82, 2.24) is 9.38 Å². The normalized spacial score (nSPS) is 11.7. The van der Waals surface area contributed by atoms with Gasteiger partial charge >= 0.3 is 5.97 Å². The fraction of sp³-hybridized carbons (Fsp3) is 0.143. The molecule has 19 heavy (non-hydrogen) atoms. The molecule has 5 heteroatoms. The maximum absolute atomic E-state index is 11.1. The number of ether oxygens (including phenoxy) is 1. The number of fused-ring (bicyclic) bond motifs is 1. The van der Waals surface area contributed by atoms with E-state index in [1.54, 1.807) is 25.2 Å². The van der Waals surface area contributed by atoms with Gasteiger partial charge in [0.2, 0.25) is 0 Å². The van der Waals surface area contributed by atoms with Gasteiger partial charge in [0, 0.05) is 12.3 Å². The van der Waals surface area contributed by atoms with Crippen molar-refractivity contribution in [2.24, 2.45) is 0 Å². The second kappa shape index (κ2) is 6.20. The lowest BCUT2D eigenvalue weighted by molar-refractivity contribution is -0.137. The van der Waals surface area contributed by atoms with Gasteiger partial charge in [-0.25, -0.2) is 9.78 Å². The summed E-state index contributed by atoms with van der Waals surface area (Å²) in [4.78, 5) is 15.3. The molecule has 0 amide bonds. The second-order valence-corrected chi connectivity index (χ2v) is 4.04. The zero-order chi connectivity index (χ0) is 13.7. The van der Waals surface area contributed by atoms with Gasteiger partial charge in [-0.05, 0) is 25.1 Å². The van der Waals surface area contributed by atoms with E-state index in [9.17, 15) is 4.79 Å². The van der Waals surface area contributed by atoms with Crippen LogP contribution in [0.4, 0.5) is 0 Å². The molecule has 0 bridgehead atoms. The Morgan fingerprint density at radius 2 is 2.32 bits per heavy atom. The maximum atomic E-state index is 11.1. The smallest absolute Gasteiger partial charge is 0.330 e. The number of carbonyl (C=O) groups is 1. The van der Waals surface area contributed by atoms with Crippen LogP contribution in [0.2, 0.25) is 5.15 Å². The number of imidazole rings is 1. The third kappa shape index (κ3) is 3.23. The Morgan fingerprint density at radius 1 is 1.47 bits per heavy atom. The first-order valence-corrected chi connectivity index (χ1v) is 6.24. The molecule has 0 fully saturated rings. The minimum absolute atomic E-state index is 0.364. The minimum Gasteiger partial charge on any atom is -0.463 e. The summed E-state index contributed by atoms with van der Waals surface area (Å²) in [5, 5.41) is 0.423. The van der Waals surface area contributed by atoms with Gasteiger partial charge in [0.1, 0.15) is 5.65 Å². The Bertz CT molecular complexity index is 644. The molecule has 0 saturated carbocycles. The van der Waals surface area contributed by atoms with Crippen molar-refractivity contribution >= 4 is 29.3 Å². The number of hydrogen-bond acceptors (Lipinski definition) is 3. The van der Waals surface area contributed by atoms with Crippen LogP contribution in [0, 0.1) is 0 Å². The molecule has 0 aliphatic carbocycles. The van der Waals surface area contributed by atoms with Gasteiger partial charge in [0.25, 0.3) is 0 Å². The van der Waals surface area contributed by atoms with E-state index in [0.717, 1.165) is 11.3 Å². The van der Waals surface area contributed by atoms with E-state index < -0.39 is 0 Å². The SMILES string of the molecule is CCOC(=O)C=CC=Cc1c(Cl)nc2ccccn12. The van der Waals surface area contributed by atoms with E-state index in [0.29, 0.717) is 11.8 Å². The monoisotopic (exact) mass is 276 g/mol. The van der Waals surface area contributed by atoms with Gasteiger partial charge in [-0.15, -0.1) is 0 Å². The molecular formula is C14H13ClN2O2. The van der Waals surface area contributed by atoms with Gasteiger partial charge in [-0.2, -0.15) is 0 Å². The van der Waals surface area contributed by atoms with E-state index in [1.165, 1.54) is 6.08 Å². The Balaban J connectivity index is 2.17. The van der Waals surface area contributed by atoms with Crippen LogP contribution in [0.25, 0.3) is 11.7 Å². The average molecular weight is 277 g/mol. The lowest BCUT2D eigenvalue weighted by Crippen LogP contribution is -1.98. The van der Waals surface area contributed by atoms with Gasteiger partial charge in [0.15, 0.2) is 5.15 Å². The number of pyridine rings is 1. The number of aromatic nitrogens is 2. The highest BCUT2D eigenvalue weighted by molar-refractivity contribution is 6.31. The molecular weight excluding hydrogens is 264 g/mol. The van der Waals surface area contributed by atoms with E-state index in [4.69, 9.17) is 16.3 Å². The molecule has 98 valence electrons. The molecule has 0 spiro atoms. The molecule has 0 aliphatic heterocycles. The molecule has 0 aromatic carbocycles. The molecule has 0 unspecified atom stereocenters. The molecule has 0 atom stereocenters. The van der Waals surface area contributed by atoms with Crippen molar-refractivity contribution < 1.29 is 9.53 Å². The predicted molar refractivity (Wildman–Crippen MR) is 75.0 cm³/mol. The summed E-state index contributed by atoms with van der Waals surface area (Å²) in [6, 6.07) is 5.67. The lowest BCUT2D eigenvalue weighted by atomic mass is 10.3. The van der Waals surface area contributed by atoms with Crippen molar-refractivity contribution in [3.63, 3.8) is 0 Å². The van der Waals surface area contributed by atoms with Crippen molar-refractivity contribution in [3.05, 3.63) is 53.5 Å². The quantitative estimate of drug-likeness (QED) is 0.490. The van der Waals surface area contributed by atoms with E-state index >= 15 is 0 Å². The number of allylic oxidation sites excluding steroid dienone is 2. The molecule has 2 aromatic rings. The van der Waals surface area contributed by atoms with E-state index in [1.807, 2.05) is 28.8 Å². The number of rotatable bonds is 4. The van der Waals surface area contributed by atoms with Crippen LogP contribution in [-0.4, -0.2) is 22.0 Å². The molecule has 2 heterocycles. The fourth-order valence-corrected chi connectivity index (χ4v) is 1.85. The zero-order valence-corrected chi connectivity index (χ0v) is 11.2. The van der Waals surface area contributed by atoms with Gasteiger partial charge in [0.05, 0.1) is 12.3 Å². The van der Waals surface area contributed by atoms with Crippen LogP contribution in [0.3, 0.4) is 0 Å². The molecule has 0 saturated heterocycles. The Morgan fingerprint density at radius 3 is 3.11 bits per heavy atom. The van der Waals surface area contributed by atoms with Crippen LogP contribution in [-0.2, 0) is 9.53 Å². The molecule has 0 aliphatic rings. The summed E-state index contributed by atoms with van der Waals surface area (Å²) in [6.07, 6.45) is 8.36. The van der Waals surface area contributed by atoms with Crippen LogP contribution in [0.15, 0.2) is 42.6 Å². The van der Waals surface area contributed by atoms with Crippen molar-refractivity contribution in [3.8, 4) is 0 Å². The van der Waals surface area contributed by atoms with E-state index in [2.05, 4.69) is 4.98 Å². The number of esters is 1. The van der Waals surface area contributed by atoms with Gasteiger partial charge in [-0.1, -0.05) is 29.8 Å². The highest BCUT2D eigenvalue weighted by atomic mass is 35.5. The minimum atomic E-state index is -0.364. The summed E-state index contributed by atoms with van der Waals surface area (Å²) in [6.45, 7) is 2.13. The maximum Gasteiger partial charge on any atom is 0.330 e. The number of halogens is 1. The summed E-state index contributed by atoms with van der Waals surface area (Å²) in [5.74, 6) is -0.364. The summed E-state index contributed by atoms with van der Waals surface area (Å²) in [7, 11) is 0. The number of hydrogen-bond donors (Lipinski definition) is 0. The molecule has 2 rings (SSSR count). The molecule has 2 aromatic heterocycles. The number of carbonyl (C=O) groups excluding carboxylic acids is 1. The molecule has 4 nitrogen and oxygen atoms in total. The number of nitrogens with zero attached hydrogens (tertiary/aromatic N) is 2. The zero-order valence-electron chi connectivity index (χ0n) is 10.4. The van der Waals surface area contributed by atoms with Crippen LogP contribution >= 0.6 is 11.6 Å². The second-order valence-electron chi connectivity index (χ2n) is 3.69. The Labute approximate surface area is 116 Å². The van der Waals surface area contributed by atoms with Crippen molar-refractivity contribution in [1.29, 1.82) is 0 Å². The first kappa shape index (κ1) is 13.4. The predicted octanol–water partition coefficient (Wildman–Crippen LogP) is 3.12. The van der Waals surface area contributed by atoms with Crippen LogP contribution in [0.5, 0.6) is 0 Å². The Hall–Kier alpha value is -2.07. The topological polar surface area (TPSA) is 43.6 Å². The highest BCUT2D eigenvalue weighted by Gasteiger charge is 2.05. The van der Waals surface area contributed by atoms with Crippen molar-refractivity contribution in [2.75, 3.05) is 6.61 Å². The van der Waals surface area contributed by atoms with Crippen LogP contribution < -0.4 is 0 Å².